The van der Waals surface area contributed by atoms with Gasteiger partial charge in [-0.2, -0.15) is 10.2 Å². The van der Waals surface area contributed by atoms with Crippen molar-refractivity contribution in [2.75, 3.05) is 38.9 Å². The van der Waals surface area contributed by atoms with E-state index in [1.165, 1.54) is 11.3 Å². The number of rotatable bonds is 9. The van der Waals surface area contributed by atoms with Crippen molar-refractivity contribution < 1.29 is 13.7 Å². The number of hydrogen-bond acceptors (Lipinski definition) is 9. The number of aryl methyl sites for hydroxylation is 1. The number of nitrogens with zero attached hydrogens (tertiary/aromatic N) is 6. The van der Waals surface area contributed by atoms with E-state index in [0.717, 1.165) is 33.3 Å². The van der Waals surface area contributed by atoms with Crippen LogP contribution in [0, 0.1) is 0 Å². The fourth-order valence-corrected chi connectivity index (χ4v) is 6.42. The lowest BCUT2D eigenvalue weighted by molar-refractivity contribution is 0.183. The van der Waals surface area contributed by atoms with Crippen molar-refractivity contribution >= 4 is 49.1 Å². The molecule has 182 valence electrons. The van der Waals surface area contributed by atoms with Crippen LogP contribution in [0.1, 0.15) is 0 Å². The van der Waals surface area contributed by atoms with Gasteiger partial charge in [0, 0.05) is 61.8 Å². The lowest BCUT2D eigenvalue weighted by Crippen LogP contribution is -2.05. The minimum absolute atomic E-state index is 0.364. The predicted molar refractivity (Wildman–Crippen MR) is 138 cm³/mol. The molecule has 0 aliphatic carbocycles. The zero-order chi connectivity index (χ0) is 24.5. The van der Waals surface area contributed by atoms with Crippen molar-refractivity contribution in [1.29, 1.82) is 0 Å². The molecule has 0 saturated carbocycles. The Morgan fingerprint density at radius 3 is 2.77 bits per heavy atom. The van der Waals surface area contributed by atoms with Crippen LogP contribution in [0.5, 0.6) is 0 Å². The molecule has 12 heteroatoms. The number of aromatic nitrogens is 6. The lowest BCUT2D eigenvalue weighted by atomic mass is 10.0. The maximum absolute atomic E-state index is 12.9. The van der Waals surface area contributed by atoms with Crippen LogP contribution >= 0.6 is 11.3 Å². The van der Waals surface area contributed by atoms with Gasteiger partial charge in [-0.25, -0.2) is 9.97 Å². The van der Waals surface area contributed by atoms with Gasteiger partial charge in [-0.15, -0.1) is 11.3 Å². The van der Waals surface area contributed by atoms with Crippen LogP contribution < -0.4 is 5.73 Å². The largest absolute Gasteiger partial charge is 0.396 e. The van der Waals surface area contributed by atoms with Crippen LogP contribution in [0.4, 0.5) is 5.69 Å². The third kappa shape index (κ3) is 4.57. The van der Waals surface area contributed by atoms with E-state index in [1.807, 2.05) is 42.3 Å². The maximum atomic E-state index is 12.9. The highest BCUT2D eigenvalue weighted by Crippen LogP contribution is 2.42. The van der Waals surface area contributed by atoms with Crippen LogP contribution in [0.15, 0.2) is 41.0 Å². The second-order valence-corrected chi connectivity index (χ2v) is 10.7. The predicted octanol–water partition coefficient (Wildman–Crippen LogP) is 3.09. The average molecular weight is 512 g/mol. The summed E-state index contributed by atoms with van der Waals surface area (Å²) in [6, 6.07) is 5.92. The van der Waals surface area contributed by atoms with Gasteiger partial charge in [0.15, 0.2) is 5.65 Å². The zero-order valence-corrected chi connectivity index (χ0v) is 21.2. The molecule has 0 radical (unpaired) electrons. The van der Waals surface area contributed by atoms with E-state index in [4.69, 9.17) is 25.3 Å². The third-order valence-electron chi connectivity index (χ3n) is 5.55. The Kier molecular flexibility index (Phi) is 6.60. The Labute approximate surface area is 208 Å². The zero-order valence-electron chi connectivity index (χ0n) is 19.6. The lowest BCUT2D eigenvalue weighted by Gasteiger charge is -2.07. The first kappa shape index (κ1) is 23.5. The molecule has 0 aromatic carbocycles. The first-order valence-electron chi connectivity index (χ1n) is 10.9. The van der Waals surface area contributed by atoms with E-state index in [-0.39, 0.29) is 0 Å². The Balaban J connectivity index is 1.68. The molecule has 1 atom stereocenters. The summed E-state index contributed by atoms with van der Waals surface area (Å²) >= 11 is 1.35. The van der Waals surface area contributed by atoms with Crippen LogP contribution in [-0.2, 0) is 33.9 Å². The molecule has 0 aliphatic rings. The molecule has 35 heavy (non-hydrogen) atoms. The van der Waals surface area contributed by atoms with Crippen molar-refractivity contribution in [3.63, 3.8) is 0 Å². The molecule has 0 spiro atoms. The second-order valence-electron chi connectivity index (χ2n) is 7.98. The number of anilines is 1. The molecule has 0 bridgehead atoms. The van der Waals surface area contributed by atoms with Crippen LogP contribution in [0.3, 0.4) is 0 Å². The van der Waals surface area contributed by atoms with Gasteiger partial charge in [-0.05, 0) is 18.2 Å². The minimum Gasteiger partial charge on any atom is -0.396 e. The number of nitrogens with two attached hydrogens (primary N) is 1. The molecule has 2 N–H and O–H groups in total. The number of nitrogen functional groups attached to an aromatic ring is 1. The second kappa shape index (κ2) is 9.82. The van der Waals surface area contributed by atoms with Gasteiger partial charge < -0.3 is 15.2 Å². The summed E-state index contributed by atoms with van der Waals surface area (Å²) in [6.45, 7) is 1.56. The van der Waals surface area contributed by atoms with Crippen molar-refractivity contribution in [3.05, 3.63) is 36.8 Å². The number of thiophene rings is 1. The van der Waals surface area contributed by atoms with Crippen LogP contribution in [0.25, 0.3) is 43.8 Å². The number of methoxy groups -OCH3 is 2. The number of fused-ring (bicyclic) bond motifs is 2. The fraction of sp³-hybridized carbons (Fsp3) is 0.304. The summed E-state index contributed by atoms with van der Waals surface area (Å²) in [7, 11) is 3.82. The molecule has 0 amide bonds. The molecule has 0 unspecified atom stereocenters. The SMILES string of the molecule is COCCn1ccc(-c2cc(-c3cnc4nn(C)cc4c3)nc3sc([S@@](=O)CCOC)c(N)c23)n1. The molecule has 5 heterocycles. The van der Waals surface area contributed by atoms with Gasteiger partial charge in [0.2, 0.25) is 0 Å². The number of ether oxygens (including phenoxy) is 2. The molecule has 5 aromatic heterocycles. The highest BCUT2D eigenvalue weighted by molar-refractivity contribution is 7.87. The van der Waals surface area contributed by atoms with Gasteiger partial charge in [-0.3, -0.25) is 13.6 Å². The van der Waals surface area contributed by atoms with Gasteiger partial charge >= 0.3 is 0 Å². The Morgan fingerprint density at radius 1 is 1.14 bits per heavy atom. The summed E-state index contributed by atoms with van der Waals surface area (Å²) in [5.74, 6) is 0.364. The van der Waals surface area contributed by atoms with E-state index in [0.29, 0.717) is 45.9 Å². The van der Waals surface area contributed by atoms with E-state index in [9.17, 15) is 4.21 Å². The normalized spacial score (nSPS) is 12.7. The first-order chi connectivity index (χ1) is 17.0. The summed E-state index contributed by atoms with van der Waals surface area (Å²) in [6.07, 6.45) is 5.59. The van der Waals surface area contributed by atoms with Gasteiger partial charge in [-0.1, -0.05) is 0 Å². The number of pyridine rings is 2. The molecular formula is C23H25N7O3S2. The Bertz CT molecular complexity index is 1540. The molecule has 0 aliphatic heterocycles. The topological polar surface area (TPSA) is 123 Å². The standard InChI is InChI=1S/C23H25N7O3S2/c1-29-13-15-10-14(12-25-21(15)28-29)18-11-16(17-4-5-30(27-17)6-7-32-2)19-20(24)23(34-22(19)26-18)35(31)9-8-33-3/h4-5,10-13H,6-9,24H2,1-3H3/t35-/m0/s1. The van der Waals surface area contributed by atoms with E-state index in [2.05, 4.69) is 10.1 Å². The molecule has 5 rings (SSSR count). The van der Waals surface area contributed by atoms with Crippen molar-refractivity contribution in [2.45, 2.75) is 10.8 Å². The number of hydrogen-bond donors (Lipinski definition) is 1. The van der Waals surface area contributed by atoms with E-state index < -0.39 is 10.8 Å². The third-order valence-corrected chi connectivity index (χ3v) is 8.43. The van der Waals surface area contributed by atoms with Crippen molar-refractivity contribution in [1.82, 2.24) is 29.5 Å². The highest BCUT2D eigenvalue weighted by Gasteiger charge is 2.22. The summed E-state index contributed by atoms with van der Waals surface area (Å²) in [5, 5.41) is 10.8. The fourth-order valence-electron chi connectivity index (χ4n) is 3.86. The van der Waals surface area contributed by atoms with E-state index >= 15 is 0 Å². The van der Waals surface area contributed by atoms with Gasteiger partial charge in [0.1, 0.15) is 9.04 Å². The van der Waals surface area contributed by atoms with E-state index in [1.54, 1.807) is 25.1 Å². The quantitative estimate of drug-likeness (QED) is 0.320. The maximum Gasteiger partial charge on any atom is 0.181 e. The monoisotopic (exact) mass is 511 g/mol. The smallest absolute Gasteiger partial charge is 0.181 e. The van der Waals surface area contributed by atoms with Crippen molar-refractivity contribution in [3.8, 4) is 22.5 Å². The average Bonchev–Trinajstić information content (AvgIpc) is 3.56. The Hall–Kier alpha value is -3.19. The van der Waals surface area contributed by atoms with Crippen LogP contribution in [-0.4, -0.2) is 66.9 Å². The van der Waals surface area contributed by atoms with Crippen LogP contribution in [0.2, 0.25) is 0 Å². The summed E-state index contributed by atoms with van der Waals surface area (Å²) in [4.78, 5) is 10.1. The molecule has 10 nitrogen and oxygen atoms in total. The molecule has 5 aromatic rings. The summed E-state index contributed by atoms with van der Waals surface area (Å²) < 4.78 is 27.4. The van der Waals surface area contributed by atoms with Gasteiger partial charge in [0.05, 0.1) is 53.4 Å². The molecule has 0 fully saturated rings. The molecule has 0 saturated heterocycles. The first-order valence-corrected chi connectivity index (χ1v) is 13.0. The summed E-state index contributed by atoms with van der Waals surface area (Å²) in [5.41, 5.74) is 10.9. The Morgan fingerprint density at radius 2 is 1.97 bits per heavy atom. The highest BCUT2D eigenvalue weighted by atomic mass is 32.2. The molecular weight excluding hydrogens is 486 g/mol. The van der Waals surface area contributed by atoms with Crippen molar-refractivity contribution in [2.24, 2.45) is 7.05 Å². The minimum atomic E-state index is -1.30. The van der Waals surface area contributed by atoms with Gasteiger partial charge in [0.25, 0.3) is 0 Å².